The van der Waals surface area contributed by atoms with Gasteiger partial charge < -0.3 is 25.5 Å². The number of nitrogen functional groups attached to an aromatic ring is 1. The van der Waals surface area contributed by atoms with Gasteiger partial charge in [-0.2, -0.15) is 0 Å². The number of carbonyl (C=O) groups excluding carboxylic acids is 2. The van der Waals surface area contributed by atoms with Crippen molar-refractivity contribution in [2.45, 2.75) is 39.8 Å². The molecule has 1 aromatic heterocycles. The molecule has 2 aromatic carbocycles. The number of aromatic nitrogens is 1. The van der Waals surface area contributed by atoms with Gasteiger partial charge in [-0.25, -0.2) is 14.1 Å². The lowest BCUT2D eigenvalue weighted by Gasteiger charge is -2.31. The van der Waals surface area contributed by atoms with E-state index in [4.69, 9.17) is 26.5 Å². The lowest BCUT2D eigenvalue weighted by molar-refractivity contribution is -0.155. The fourth-order valence-electron chi connectivity index (χ4n) is 3.13. The number of ether oxygens (including phenoxy) is 1. The van der Waals surface area contributed by atoms with Crippen molar-refractivity contribution in [3.63, 3.8) is 0 Å². The normalized spacial score (nSPS) is 13.0. The van der Waals surface area contributed by atoms with Crippen LogP contribution in [0.5, 0.6) is 0 Å². The molecule has 0 fully saturated rings. The van der Waals surface area contributed by atoms with Gasteiger partial charge in [0.15, 0.2) is 0 Å². The quantitative estimate of drug-likeness (QED) is 0.145. The van der Waals surface area contributed by atoms with Crippen molar-refractivity contribution >= 4 is 52.1 Å². The van der Waals surface area contributed by atoms with Crippen molar-refractivity contribution in [1.82, 2.24) is 9.71 Å². The Bertz CT molecular complexity index is 1250. The van der Waals surface area contributed by atoms with Crippen LogP contribution in [0.3, 0.4) is 0 Å². The minimum atomic E-state index is -1.13. The highest BCUT2D eigenvalue weighted by molar-refractivity contribution is 8.12. The van der Waals surface area contributed by atoms with Gasteiger partial charge in [0.05, 0.1) is 33.5 Å². The zero-order valence-corrected chi connectivity index (χ0v) is 22.4. The molecule has 3 aromatic rings. The van der Waals surface area contributed by atoms with Crippen LogP contribution in [0.1, 0.15) is 38.8 Å². The van der Waals surface area contributed by atoms with Gasteiger partial charge in [-0.15, -0.1) is 0 Å². The Morgan fingerprint density at radius 1 is 1.22 bits per heavy atom. The standard InChI is InChI=1S/C25H29ClFN5O4S/c1-24(2,3)21(33)36-14-25(4,16-8-9-17(26)18(27)12-16)32-37-23(34)31-20-15(6-5-7-19(20)28)13-30-22-29-10-11-35-22/h5-12,32H,13-14,28H2,1-4H3,(H,29,30)(H,31,34). The van der Waals surface area contributed by atoms with Crippen LogP contribution in [0.25, 0.3) is 0 Å². The molecule has 1 unspecified atom stereocenters. The number of nitrogens with two attached hydrogens (primary N) is 1. The fourth-order valence-corrected chi connectivity index (χ4v) is 3.89. The smallest absolute Gasteiger partial charge is 0.311 e. The summed E-state index contributed by atoms with van der Waals surface area (Å²) < 4.78 is 28.0. The third-order valence-electron chi connectivity index (χ3n) is 5.30. The van der Waals surface area contributed by atoms with E-state index in [0.29, 0.717) is 35.1 Å². The molecule has 12 heteroatoms. The average molecular weight is 550 g/mol. The number of amides is 1. The maximum atomic E-state index is 14.3. The molecule has 37 heavy (non-hydrogen) atoms. The van der Waals surface area contributed by atoms with Gasteiger partial charge >= 0.3 is 5.97 Å². The van der Waals surface area contributed by atoms with Gasteiger partial charge in [-0.05, 0) is 57.0 Å². The first-order valence-electron chi connectivity index (χ1n) is 11.3. The number of halogens is 2. The van der Waals surface area contributed by atoms with Gasteiger partial charge in [0.1, 0.15) is 18.7 Å². The molecule has 198 valence electrons. The SMILES string of the molecule is CC(C)(C)C(=O)OCC(C)(NSC(=O)Nc1c(N)cccc1CNc1ncco1)c1ccc(Cl)c(F)c1. The van der Waals surface area contributed by atoms with E-state index in [0.717, 1.165) is 11.9 Å². The first-order valence-corrected chi connectivity index (χ1v) is 12.5. The van der Waals surface area contributed by atoms with Gasteiger partial charge in [0.25, 0.3) is 11.3 Å². The summed E-state index contributed by atoms with van der Waals surface area (Å²) in [5, 5.41) is 5.26. The van der Waals surface area contributed by atoms with Crippen LogP contribution in [0.15, 0.2) is 53.3 Å². The number of hydrogen-bond donors (Lipinski definition) is 4. The Balaban J connectivity index is 1.74. The van der Waals surface area contributed by atoms with E-state index >= 15 is 0 Å². The van der Waals surface area contributed by atoms with Crippen molar-refractivity contribution in [2.24, 2.45) is 5.41 Å². The highest BCUT2D eigenvalue weighted by Gasteiger charge is 2.33. The predicted octanol–water partition coefficient (Wildman–Crippen LogP) is 5.94. The molecule has 5 N–H and O–H groups in total. The molecule has 3 rings (SSSR count). The summed E-state index contributed by atoms with van der Waals surface area (Å²) in [7, 11) is 0. The Morgan fingerprint density at radius 3 is 2.62 bits per heavy atom. The van der Waals surface area contributed by atoms with E-state index in [1.165, 1.54) is 24.6 Å². The zero-order chi connectivity index (χ0) is 27.2. The van der Waals surface area contributed by atoms with Gasteiger partial charge in [-0.3, -0.25) is 9.59 Å². The Labute approximate surface area is 223 Å². The van der Waals surface area contributed by atoms with E-state index in [1.54, 1.807) is 52.0 Å². The second-order valence-electron chi connectivity index (χ2n) is 9.48. The number of nitrogens with zero attached hydrogens (tertiary/aromatic N) is 1. The van der Waals surface area contributed by atoms with E-state index in [-0.39, 0.29) is 11.6 Å². The van der Waals surface area contributed by atoms with Gasteiger partial charge in [0.2, 0.25) is 0 Å². The van der Waals surface area contributed by atoms with Crippen molar-refractivity contribution in [3.05, 3.63) is 70.8 Å². The van der Waals surface area contributed by atoms with Crippen LogP contribution >= 0.6 is 23.5 Å². The summed E-state index contributed by atoms with van der Waals surface area (Å²) in [5.41, 5.74) is 6.17. The first kappa shape index (κ1) is 28.3. The number of nitrogens with one attached hydrogen (secondary N) is 3. The Kier molecular flexibility index (Phi) is 9.06. The number of anilines is 3. The molecule has 0 bridgehead atoms. The fraction of sp³-hybridized carbons (Fsp3) is 0.320. The molecule has 1 amide bonds. The van der Waals surface area contributed by atoms with E-state index in [1.807, 2.05) is 0 Å². The van der Waals surface area contributed by atoms with Gasteiger partial charge in [0, 0.05) is 18.5 Å². The Hall–Kier alpha value is -3.28. The minimum absolute atomic E-state index is 0.0476. The maximum Gasteiger partial charge on any atom is 0.311 e. The summed E-state index contributed by atoms with van der Waals surface area (Å²) in [5.74, 6) is -1.08. The third kappa shape index (κ3) is 7.61. The summed E-state index contributed by atoms with van der Waals surface area (Å²) >= 11 is 6.57. The summed E-state index contributed by atoms with van der Waals surface area (Å²) in [6.07, 6.45) is 2.95. The summed E-state index contributed by atoms with van der Waals surface area (Å²) in [6, 6.07) is 9.79. The average Bonchev–Trinajstić information content (AvgIpc) is 3.36. The number of carbonyl (C=O) groups is 2. The molecule has 0 aliphatic carbocycles. The van der Waals surface area contributed by atoms with Crippen molar-refractivity contribution in [3.8, 4) is 0 Å². The molecular formula is C25H29ClFN5O4S. The monoisotopic (exact) mass is 549 g/mol. The number of rotatable bonds is 9. The third-order valence-corrected chi connectivity index (χ3v) is 6.45. The van der Waals surface area contributed by atoms with E-state index < -0.39 is 28.0 Å². The van der Waals surface area contributed by atoms with Crippen molar-refractivity contribution < 1.29 is 23.1 Å². The highest BCUT2D eigenvalue weighted by Crippen LogP contribution is 2.30. The molecule has 1 heterocycles. The molecule has 0 radical (unpaired) electrons. The number of para-hydroxylation sites is 1. The lowest BCUT2D eigenvalue weighted by atomic mass is 9.93. The lowest BCUT2D eigenvalue weighted by Crippen LogP contribution is -2.42. The van der Waals surface area contributed by atoms with E-state index in [2.05, 4.69) is 20.3 Å². The predicted molar refractivity (Wildman–Crippen MR) is 144 cm³/mol. The van der Waals surface area contributed by atoms with Crippen molar-refractivity contribution in [2.75, 3.05) is 23.0 Å². The molecular weight excluding hydrogens is 521 g/mol. The number of esters is 1. The number of hydrogen-bond acceptors (Lipinski definition) is 9. The molecule has 0 aliphatic heterocycles. The topological polar surface area (TPSA) is 132 Å². The molecule has 9 nitrogen and oxygen atoms in total. The van der Waals surface area contributed by atoms with Crippen LogP contribution in [-0.2, 0) is 21.6 Å². The van der Waals surface area contributed by atoms with Crippen LogP contribution in [-0.4, -0.2) is 22.8 Å². The number of oxazole rings is 1. The van der Waals surface area contributed by atoms with Crippen LogP contribution in [0, 0.1) is 11.2 Å². The largest absolute Gasteiger partial charge is 0.463 e. The van der Waals surface area contributed by atoms with E-state index in [9.17, 15) is 14.0 Å². The summed E-state index contributed by atoms with van der Waals surface area (Å²) in [4.78, 5) is 29.3. The first-order chi connectivity index (χ1) is 17.4. The molecule has 0 saturated carbocycles. The second-order valence-corrected chi connectivity index (χ2v) is 10.7. The molecule has 0 saturated heterocycles. The second kappa shape index (κ2) is 11.8. The maximum absolute atomic E-state index is 14.3. The highest BCUT2D eigenvalue weighted by atomic mass is 35.5. The molecule has 0 spiro atoms. The van der Waals surface area contributed by atoms with Gasteiger partial charge in [-0.1, -0.05) is 29.8 Å². The summed E-state index contributed by atoms with van der Waals surface area (Å²) in [6.45, 7) is 7.00. The van der Waals surface area contributed by atoms with Crippen molar-refractivity contribution in [1.29, 1.82) is 0 Å². The minimum Gasteiger partial charge on any atom is -0.463 e. The van der Waals surface area contributed by atoms with Crippen LogP contribution in [0.2, 0.25) is 5.02 Å². The number of benzene rings is 2. The van der Waals surface area contributed by atoms with Crippen LogP contribution < -0.4 is 21.1 Å². The molecule has 0 aliphatic rings. The Morgan fingerprint density at radius 2 is 1.97 bits per heavy atom. The van der Waals surface area contributed by atoms with Crippen LogP contribution in [0.4, 0.5) is 26.6 Å². The zero-order valence-electron chi connectivity index (χ0n) is 20.9. The molecule has 1 atom stereocenters.